The van der Waals surface area contributed by atoms with Gasteiger partial charge in [0.1, 0.15) is 0 Å². The summed E-state index contributed by atoms with van der Waals surface area (Å²) in [6, 6.07) is 0.759. The van der Waals surface area contributed by atoms with Crippen LogP contribution in [0.2, 0.25) is 0 Å². The van der Waals surface area contributed by atoms with Crippen molar-refractivity contribution >= 4 is 22.9 Å². The molecular formula is C10H17ClN2S. The largest absolute Gasteiger partial charge is 0.317 e. The molecule has 0 atom stereocenters. The zero-order valence-electron chi connectivity index (χ0n) is 9.12. The summed E-state index contributed by atoms with van der Waals surface area (Å²) in [5, 5.41) is 2.09. The molecule has 0 saturated heterocycles. The molecule has 0 bridgehead atoms. The highest BCUT2D eigenvalue weighted by Crippen LogP contribution is 2.12. The molecule has 1 rings (SSSR count). The summed E-state index contributed by atoms with van der Waals surface area (Å²) in [5.74, 6) is 0.558. The summed E-state index contributed by atoms with van der Waals surface area (Å²) < 4.78 is 2.21. The van der Waals surface area contributed by atoms with E-state index in [1.54, 1.807) is 11.3 Å². The SMILES string of the molecule is CC(C)N=c1scc(CCl)n1C(C)C. The smallest absolute Gasteiger partial charge is 0.185 e. The van der Waals surface area contributed by atoms with Gasteiger partial charge in [0.05, 0.1) is 5.88 Å². The van der Waals surface area contributed by atoms with Crippen molar-refractivity contribution in [1.29, 1.82) is 0 Å². The summed E-state index contributed by atoms with van der Waals surface area (Å²) in [5.41, 5.74) is 1.16. The van der Waals surface area contributed by atoms with Crippen LogP contribution in [0.4, 0.5) is 0 Å². The van der Waals surface area contributed by atoms with E-state index in [0.29, 0.717) is 18.0 Å². The fourth-order valence-electron chi connectivity index (χ4n) is 1.32. The fraction of sp³-hybridized carbons (Fsp3) is 0.700. The second kappa shape index (κ2) is 4.99. The minimum atomic E-state index is 0.335. The summed E-state index contributed by atoms with van der Waals surface area (Å²) in [4.78, 5) is 5.65. The van der Waals surface area contributed by atoms with Gasteiger partial charge in [-0.25, -0.2) is 0 Å². The van der Waals surface area contributed by atoms with E-state index >= 15 is 0 Å². The first kappa shape index (κ1) is 11.8. The van der Waals surface area contributed by atoms with E-state index in [0.717, 1.165) is 10.5 Å². The monoisotopic (exact) mass is 232 g/mol. The molecule has 1 aromatic rings. The van der Waals surface area contributed by atoms with Gasteiger partial charge in [-0.05, 0) is 27.7 Å². The van der Waals surface area contributed by atoms with E-state index in [9.17, 15) is 0 Å². The lowest BCUT2D eigenvalue weighted by Gasteiger charge is -2.11. The van der Waals surface area contributed by atoms with E-state index in [2.05, 4.69) is 42.6 Å². The first-order chi connectivity index (χ1) is 6.56. The first-order valence-corrected chi connectivity index (χ1v) is 6.26. The van der Waals surface area contributed by atoms with Gasteiger partial charge < -0.3 is 4.57 Å². The fourth-order valence-corrected chi connectivity index (χ4v) is 2.77. The highest BCUT2D eigenvalue weighted by Gasteiger charge is 2.07. The van der Waals surface area contributed by atoms with Crippen LogP contribution >= 0.6 is 22.9 Å². The van der Waals surface area contributed by atoms with Gasteiger partial charge in [-0.1, -0.05) is 0 Å². The second-order valence-corrected chi connectivity index (χ2v) is 4.93. The van der Waals surface area contributed by atoms with Crippen molar-refractivity contribution in [3.8, 4) is 0 Å². The molecule has 14 heavy (non-hydrogen) atoms. The number of hydrogen-bond donors (Lipinski definition) is 0. The minimum absolute atomic E-state index is 0.335. The number of aromatic nitrogens is 1. The molecule has 0 spiro atoms. The third-order valence-corrected chi connectivity index (χ3v) is 3.01. The Morgan fingerprint density at radius 1 is 1.43 bits per heavy atom. The van der Waals surface area contributed by atoms with E-state index in [4.69, 9.17) is 11.6 Å². The zero-order valence-corrected chi connectivity index (χ0v) is 10.7. The van der Waals surface area contributed by atoms with Crippen molar-refractivity contribution in [3.05, 3.63) is 15.9 Å². The minimum Gasteiger partial charge on any atom is -0.317 e. The number of halogens is 1. The molecule has 4 heteroatoms. The molecule has 0 amide bonds. The van der Waals surface area contributed by atoms with Crippen LogP contribution in [0.1, 0.15) is 39.4 Å². The van der Waals surface area contributed by atoms with Crippen LogP contribution in [0.5, 0.6) is 0 Å². The molecule has 0 unspecified atom stereocenters. The van der Waals surface area contributed by atoms with Crippen molar-refractivity contribution in [2.45, 2.75) is 45.7 Å². The van der Waals surface area contributed by atoms with E-state index < -0.39 is 0 Å². The lowest BCUT2D eigenvalue weighted by molar-refractivity contribution is 0.558. The molecule has 1 aromatic heterocycles. The molecule has 80 valence electrons. The Bertz CT molecular complexity index is 349. The third-order valence-electron chi connectivity index (χ3n) is 1.84. The van der Waals surface area contributed by atoms with Gasteiger partial charge >= 0.3 is 0 Å². The lowest BCUT2D eigenvalue weighted by atomic mass is 10.3. The van der Waals surface area contributed by atoms with Crippen LogP contribution in [0.15, 0.2) is 10.4 Å². The summed E-state index contributed by atoms with van der Waals surface area (Å²) in [6.07, 6.45) is 0. The summed E-state index contributed by atoms with van der Waals surface area (Å²) in [6.45, 7) is 8.49. The highest BCUT2D eigenvalue weighted by molar-refractivity contribution is 7.07. The van der Waals surface area contributed by atoms with Gasteiger partial charge in [0.2, 0.25) is 0 Å². The van der Waals surface area contributed by atoms with Crippen LogP contribution in [-0.2, 0) is 5.88 Å². The summed E-state index contributed by atoms with van der Waals surface area (Å²) >= 11 is 7.54. The second-order valence-electron chi connectivity index (χ2n) is 3.83. The number of thiazole rings is 1. The van der Waals surface area contributed by atoms with Gasteiger partial charge in [0.25, 0.3) is 0 Å². The van der Waals surface area contributed by atoms with Crippen LogP contribution in [-0.4, -0.2) is 10.6 Å². The molecule has 0 fully saturated rings. The topological polar surface area (TPSA) is 17.3 Å². The Morgan fingerprint density at radius 3 is 2.50 bits per heavy atom. The number of alkyl halides is 1. The molecule has 0 saturated carbocycles. The maximum Gasteiger partial charge on any atom is 0.185 e. The Morgan fingerprint density at radius 2 is 2.07 bits per heavy atom. The number of hydrogen-bond acceptors (Lipinski definition) is 2. The standard InChI is InChI=1S/C10H17ClN2S/c1-7(2)12-10-13(8(3)4)9(5-11)6-14-10/h6-8H,5H2,1-4H3. The molecule has 2 nitrogen and oxygen atoms in total. The Hall–Kier alpha value is -0.280. The van der Waals surface area contributed by atoms with Crippen molar-refractivity contribution in [3.63, 3.8) is 0 Å². The maximum atomic E-state index is 5.87. The molecule has 0 N–H and O–H groups in total. The Balaban J connectivity index is 3.24. The van der Waals surface area contributed by atoms with Gasteiger partial charge in [0.15, 0.2) is 4.80 Å². The van der Waals surface area contributed by atoms with Gasteiger partial charge in [0, 0.05) is 23.2 Å². The van der Waals surface area contributed by atoms with Crippen LogP contribution in [0.3, 0.4) is 0 Å². The molecule has 0 aliphatic carbocycles. The predicted molar refractivity (Wildman–Crippen MR) is 63.0 cm³/mol. The van der Waals surface area contributed by atoms with Gasteiger partial charge in [-0.15, -0.1) is 22.9 Å². The highest BCUT2D eigenvalue weighted by atomic mass is 35.5. The molecule has 0 aliphatic rings. The predicted octanol–water partition coefficient (Wildman–Crippen LogP) is 3.18. The molecule has 0 aliphatic heterocycles. The lowest BCUT2D eigenvalue weighted by Crippen LogP contribution is -2.20. The molecule has 0 aromatic carbocycles. The van der Waals surface area contributed by atoms with Gasteiger partial charge in [-0.2, -0.15) is 0 Å². The molecule has 1 heterocycles. The Labute approximate surface area is 94.3 Å². The van der Waals surface area contributed by atoms with E-state index in [-0.39, 0.29) is 0 Å². The molecule has 0 radical (unpaired) electrons. The number of nitrogens with zero attached hydrogens (tertiary/aromatic N) is 2. The quantitative estimate of drug-likeness (QED) is 0.713. The normalized spacial score (nSPS) is 13.2. The summed E-state index contributed by atoms with van der Waals surface area (Å²) in [7, 11) is 0. The molecular weight excluding hydrogens is 216 g/mol. The zero-order chi connectivity index (χ0) is 10.7. The average Bonchev–Trinajstić information content (AvgIpc) is 2.46. The van der Waals surface area contributed by atoms with Gasteiger partial charge in [-0.3, -0.25) is 4.99 Å². The van der Waals surface area contributed by atoms with Crippen LogP contribution in [0, 0.1) is 0 Å². The maximum absolute atomic E-state index is 5.87. The van der Waals surface area contributed by atoms with Crippen LogP contribution < -0.4 is 4.80 Å². The third kappa shape index (κ3) is 2.61. The van der Waals surface area contributed by atoms with Crippen molar-refractivity contribution < 1.29 is 0 Å². The Kier molecular flexibility index (Phi) is 4.20. The first-order valence-electron chi connectivity index (χ1n) is 4.85. The number of rotatable bonds is 3. The van der Waals surface area contributed by atoms with Crippen molar-refractivity contribution in [1.82, 2.24) is 4.57 Å². The van der Waals surface area contributed by atoms with E-state index in [1.807, 2.05) is 0 Å². The van der Waals surface area contributed by atoms with Crippen molar-refractivity contribution in [2.24, 2.45) is 4.99 Å². The van der Waals surface area contributed by atoms with Crippen molar-refractivity contribution in [2.75, 3.05) is 0 Å². The average molecular weight is 233 g/mol. The van der Waals surface area contributed by atoms with E-state index in [1.165, 1.54) is 0 Å². The van der Waals surface area contributed by atoms with Crippen LogP contribution in [0.25, 0.3) is 0 Å².